The lowest BCUT2D eigenvalue weighted by molar-refractivity contribution is -0.137. The van der Waals surface area contributed by atoms with Gasteiger partial charge >= 0.3 is 5.97 Å². The second-order valence-corrected chi connectivity index (χ2v) is 8.90. The summed E-state index contributed by atoms with van der Waals surface area (Å²) in [5.74, 6) is 1.73. The number of carboxylic acids is 1. The lowest BCUT2D eigenvalue weighted by Gasteiger charge is -2.35. The Kier molecular flexibility index (Phi) is 6.75. The Balaban J connectivity index is 1.51. The molecule has 4 rings (SSSR count). The van der Waals surface area contributed by atoms with E-state index in [1.54, 1.807) is 0 Å². The second-order valence-electron chi connectivity index (χ2n) is 8.90. The summed E-state index contributed by atoms with van der Waals surface area (Å²) >= 11 is 0. The molecule has 0 bridgehead atoms. The Morgan fingerprint density at radius 1 is 1.09 bits per heavy atom. The molecule has 0 amide bonds. The number of hydrogen-bond donors (Lipinski definition) is 2. The maximum atomic E-state index is 10.9. The van der Waals surface area contributed by atoms with Gasteiger partial charge in [-0.2, -0.15) is 0 Å². The van der Waals surface area contributed by atoms with Gasteiger partial charge in [0.2, 0.25) is 0 Å². The molecule has 2 heterocycles. The van der Waals surface area contributed by atoms with E-state index in [1.807, 2.05) is 24.3 Å². The number of nitrogens with one attached hydrogen (secondary N) is 1. The smallest absolute Gasteiger partial charge is 0.303 e. The van der Waals surface area contributed by atoms with Gasteiger partial charge in [0.05, 0.1) is 18.8 Å². The third kappa shape index (κ3) is 4.91. The van der Waals surface area contributed by atoms with Gasteiger partial charge in [0.1, 0.15) is 0 Å². The minimum atomic E-state index is -0.728. The van der Waals surface area contributed by atoms with Gasteiger partial charge in [0.15, 0.2) is 23.1 Å². The molecule has 2 N–H and O–H groups in total. The van der Waals surface area contributed by atoms with Gasteiger partial charge in [-0.3, -0.25) is 4.79 Å². The van der Waals surface area contributed by atoms with Crippen LogP contribution in [0, 0.1) is 13.8 Å². The van der Waals surface area contributed by atoms with E-state index in [4.69, 9.17) is 14.6 Å². The number of carboxylic acid groups (broad SMARTS) is 1. The highest BCUT2D eigenvalue weighted by molar-refractivity contribution is 5.66. The van der Waals surface area contributed by atoms with E-state index in [0.717, 1.165) is 43.1 Å². The number of aryl methyl sites for hydroxylation is 2. The molecule has 0 saturated heterocycles. The van der Waals surface area contributed by atoms with Crippen LogP contribution in [0.1, 0.15) is 43.7 Å². The Labute approximate surface area is 195 Å². The number of quaternary nitrogens is 1. The van der Waals surface area contributed by atoms with Crippen LogP contribution in [0.2, 0.25) is 0 Å². The fourth-order valence-electron chi connectivity index (χ4n) is 4.67. The van der Waals surface area contributed by atoms with E-state index >= 15 is 0 Å². The van der Waals surface area contributed by atoms with Crippen LogP contribution in [-0.2, 0) is 4.79 Å². The zero-order valence-corrected chi connectivity index (χ0v) is 19.6. The summed E-state index contributed by atoms with van der Waals surface area (Å²) in [5, 5.41) is 12.2. The second kappa shape index (κ2) is 9.71. The molecular formula is C27H33N2O4+. The van der Waals surface area contributed by atoms with Crippen LogP contribution in [0.3, 0.4) is 0 Å². The standard InChI is InChI=1S/C27H32N2O4/c1-4-29(16-7-5-6-11-27(30)31)22-18-20(3)13-15-24(22)33-26(29)10-8-9-25-28-21-17-19(2)12-14-23(21)32-25/h8-10,12-15,17-18,26,28H,4-7,11,16H2,1-3H3/p+1. The summed E-state index contributed by atoms with van der Waals surface area (Å²) in [5.41, 5.74) is 4.58. The molecule has 0 radical (unpaired) electrons. The Morgan fingerprint density at radius 2 is 1.85 bits per heavy atom. The summed E-state index contributed by atoms with van der Waals surface area (Å²) in [7, 11) is 0. The van der Waals surface area contributed by atoms with Crippen LogP contribution in [0.15, 0.2) is 60.5 Å². The van der Waals surface area contributed by atoms with Gasteiger partial charge < -0.3 is 19.9 Å². The van der Waals surface area contributed by atoms with Gasteiger partial charge in [-0.05, 0) is 75.4 Å². The molecule has 33 heavy (non-hydrogen) atoms. The van der Waals surface area contributed by atoms with Gasteiger partial charge in [-0.1, -0.05) is 18.2 Å². The first-order chi connectivity index (χ1) is 15.9. The van der Waals surface area contributed by atoms with E-state index in [0.29, 0.717) is 16.8 Å². The number of anilines is 1. The van der Waals surface area contributed by atoms with Crippen LogP contribution in [-0.4, -0.2) is 30.4 Å². The number of carbonyl (C=O) groups is 1. The van der Waals surface area contributed by atoms with Crippen LogP contribution >= 0.6 is 0 Å². The molecule has 6 heteroatoms. The number of hydrogen-bond acceptors (Lipinski definition) is 4. The molecule has 2 aliphatic heterocycles. The summed E-state index contributed by atoms with van der Waals surface area (Å²) in [6.07, 6.45) is 8.66. The number of ether oxygens (including phenoxy) is 2. The van der Waals surface area contributed by atoms with Crippen molar-refractivity contribution < 1.29 is 19.4 Å². The third-order valence-electron chi connectivity index (χ3n) is 6.48. The third-order valence-corrected chi connectivity index (χ3v) is 6.48. The fraction of sp³-hybridized carbons (Fsp3) is 0.370. The number of likely N-dealkylation sites (N-methyl/N-ethyl adjacent to an activating group) is 1. The molecule has 2 aromatic carbocycles. The molecule has 174 valence electrons. The van der Waals surface area contributed by atoms with Crippen molar-refractivity contribution in [1.82, 2.24) is 4.48 Å². The highest BCUT2D eigenvalue weighted by Gasteiger charge is 2.46. The van der Waals surface area contributed by atoms with Crippen molar-refractivity contribution in [1.29, 1.82) is 0 Å². The van der Waals surface area contributed by atoms with Crippen molar-refractivity contribution >= 4 is 17.3 Å². The van der Waals surface area contributed by atoms with Gasteiger partial charge in [-0.25, -0.2) is 4.48 Å². The Morgan fingerprint density at radius 3 is 2.61 bits per heavy atom. The highest BCUT2D eigenvalue weighted by atomic mass is 16.5. The van der Waals surface area contributed by atoms with Crippen LogP contribution in [0.4, 0.5) is 11.4 Å². The zero-order valence-electron chi connectivity index (χ0n) is 19.6. The molecule has 0 spiro atoms. The average Bonchev–Trinajstić information content (AvgIpc) is 3.31. The maximum absolute atomic E-state index is 10.9. The monoisotopic (exact) mass is 449 g/mol. The first-order valence-electron chi connectivity index (χ1n) is 11.7. The lowest BCUT2D eigenvalue weighted by Crippen LogP contribution is -2.55. The van der Waals surface area contributed by atoms with E-state index in [9.17, 15) is 4.79 Å². The quantitative estimate of drug-likeness (QED) is 0.369. The molecule has 6 nitrogen and oxygen atoms in total. The van der Waals surface area contributed by atoms with Crippen molar-refractivity contribution in [2.45, 2.75) is 52.7 Å². The fourth-order valence-corrected chi connectivity index (χ4v) is 4.67. The number of nitrogens with zero attached hydrogens (tertiary/aromatic N) is 1. The summed E-state index contributed by atoms with van der Waals surface area (Å²) < 4.78 is 13.0. The number of aliphatic carboxylic acids is 1. The molecule has 0 fully saturated rings. The van der Waals surface area contributed by atoms with Crippen LogP contribution in [0.25, 0.3) is 0 Å². The molecule has 0 saturated carbocycles. The van der Waals surface area contributed by atoms with Crippen molar-refractivity contribution in [3.8, 4) is 11.5 Å². The van der Waals surface area contributed by atoms with Gasteiger partial charge in [0.25, 0.3) is 6.23 Å². The van der Waals surface area contributed by atoms with Crippen molar-refractivity contribution in [2.24, 2.45) is 0 Å². The minimum absolute atomic E-state index is 0.144. The minimum Gasteiger partial charge on any atom is -0.481 e. The maximum Gasteiger partial charge on any atom is 0.303 e. The SMILES string of the molecule is CC[N+]1(CCCCCC(=O)O)c2cc(C)ccc2OC1C=CC=C1Nc2cc(C)ccc2O1. The molecule has 0 aliphatic carbocycles. The number of rotatable bonds is 9. The lowest BCUT2D eigenvalue weighted by atomic mass is 10.1. The largest absolute Gasteiger partial charge is 0.481 e. The van der Waals surface area contributed by atoms with Crippen molar-refractivity contribution in [3.63, 3.8) is 0 Å². The van der Waals surface area contributed by atoms with E-state index in [-0.39, 0.29) is 12.6 Å². The van der Waals surface area contributed by atoms with E-state index in [1.165, 1.54) is 16.8 Å². The zero-order chi connectivity index (χ0) is 23.4. The molecule has 2 atom stereocenters. The molecule has 0 aromatic heterocycles. The van der Waals surface area contributed by atoms with Gasteiger partial charge in [0, 0.05) is 18.6 Å². The number of benzene rings is 2. The summed E-state index contributed by atoms with van der Waals surface area (Å²) in [6, 6.07) is 12.5. The highest BCUT2D eigenvalue weighted by Crippen LogP contribution is 2.44. The van der Waals surface area contributed by atoms with E-state index < -0.39 is 5.97 Å². The molecule has 2 aliphatic rings. The summed E-state index contributed by atoms with van der Waals surface area (Å²) in [6.45, 7) is 8.15. The topological polar surface area (TPSA) is 67.8 Å². The predicted molar refractivity (Wildman–Crippen MR) is 132 cm³/mol. The molecule has 2 aromatic rings. The van der Waals surface area contributed by atoms with Gasteiger partial charge in [-0.15, -0.1) is 0 Å². The van der Waals surface area contributed by atoms with Crippen molar-refractivity contribution in [2.75, 3.05) is 18.4 Å². The Bertz CT molecular complexity index is 1090. The molecular weight excluding hydrogens is 416 g/mol. The van der Waals surface area contributed by atoms with Crippen LogP contribution < -0.4 is 19.3 Å². The van der Waals surface area contributed by atoms with E-state index in [2.05, 4.69) is 56.4 Å². The number of allylic oxidation sites excluding steroid dienone is 2. The first kappa shape index (κ1) is 22.9. The van der Waals surface area contributed by atoms with Crippen LogP contribution in [0.5, 0.6) is 11.5 Å². The number of fused-ring (bicyclic) bond motifs is 2. The Hall–Kier alpha value is -3.25. The normalized spacial score (nSPS) is 22.0. The predicted octanol–water partition coefficient (Wildman–Crippen LogP) is 5.90. The van der Waals surface area contributed by atoms with Crippen molar-refractivity contribution in [3.05, 3.63) is 71.6 Å². The average molecular weight is 450 g/mol. The molecule has 2 unspecified atom stereocenters. The summed E-state index contributed by atoms with van der Waals surface area (Å²) in [4.78, 5) is 10.9. The first-order valence-corrected chi connectivity index (χ1v) is 11.7. The number of unbranched alkanes of at least 4 members (excludes halogenated alkanes) is 2.